The van der Waals surface area contributed by atoms with Gasteiger partial charge >= 0.3 is 0 Å². The highest BCUT2D eigenvalue weighted by Gasteiger charge is 2.22. The maximum Gasteiger partial charge on any atom is 0.272 e. The maximum atomic E-state index is 14.0. The number of carbonyl (C=O) groups excluding carboxylic acids is 1. The van der Waals surface area contributed by atoms with Crippen LogP contribution in [0.4, 0.5) is 0 Å². The maximum absolute atomic E-state index is 14.0. The molecule has 0 bridgehead atoms. The molecule has 5 rings (SSSR count). The zero-order valence-corrected chi connectivity index (χ0v) is 20.5. The van der Waals surface area contributed by atoms with Crippen LogP contribution in [-0.2, 0) is 7.05 Å². The second-order valence-corrected chi connectivity index (χ2v) is 8.48. The van der Waals surface area contributed by atoms with Crippen LogP contribution in [0.5, 0.6) is 0 Å². The van der Waals surface area contributed by atoms with Gasteiger partial charge in [-0.3, -0.25) is 23.8 Å². The zero-order valence-electron chi connectivity index (χ0n) is 20.5. The van der Waals surface area contributed by atoms with Gasteiger partial charge in [0.25, 0.3) is 11.5 Å². The molecule has 1 amide bonds. The molecule has 3 heterocycles. The van der Waals surface area contributed by atoms with Crippen LogP contribution in [0.25, 0.3) is 16.6 Å². The van der Waals surface area contributed by atoms with E-state index in [1.165, 1.54) is 17.0 Å². The smallest absolute Gasteiger partial charge is 0.272 e. The molecule has 2 aromatic carbocycles. The van der Waals surface area contributed by atoms with Gasteiger partial charge in [-0.15, -0.1) is 0 Å². The summed E-state index contributed by atoms with van der Waals surface area (Å²) in [6.45, 7) is 3.50. The Labute approximate surface area is 212 Å². The predicted molar refractivity (Wildman–Crippen MR) is 139 cm³/mol. The fraction of sp³-hybridized carbons (Fsp3) is 0.143. The van der Waals surface area contributed by atoms with Gasteiger partial charge in [0.05, 0.1) is 40.1 Å². The van der Waals surface area contributed by atoms with Crippen molar-refractivity contribution in [1.29, 1.82) is 0 Å². The van der Waals surface area contributed by atoms with E-state index >= 15 is 0 Å². The third-order valence-corrected chi connectivity index (χ3v) is 5.82. The number of nitrogens with one attached hydrogen (secondary N) is 1. The first-order chi connectivity index (χ1) is 17.9. The van der Waals surface area contributed by atoms with Gasteiger partial charge in [-0.05, 0) is 38.1 Å². The molecule has 37 heavy (non-hydrogen) atoms. The number of para-hydroxylation sites is 1. The molecule has 3 aromatic heterocycles. The Morgan fingerprint density at radius 2 is 1.81 bits per heavy atom. The van der Waals surface area contributed by atoms with Crippen molar-refractivity contribution in [2.45, 2.75) is 19.9 Å². The molecule has 182 valence electrons. The van der Waals surface area contributed by atoms with Crippen LogP contribution in [0.3, 0.4) is 0 Å². The van der Waals surface area contributed by atoms with E-state index in [0.717, 1.165) is 5.56 Å². The summed E-state index contributed by atoms with van der Waals surface area (Å²) in [5.74, 6) is 6.16. The first kappa shape index (κ1) is 23.6. The number of benzene rings is 2. The Hall–Kier alpha value is -5.10. The number of nitrogens with zero attached hydrogens (tertiary/aromatic N) is 6. The average Bonchev–Trinajstić information content (AvgIpc) is 3.32. The number of carbonyl (C=O) groups is 1. The zero-order chi connectivity index (χ0) is 25.9. The van der Waals surface area contributed by atoms with Gasteiger partial charge in [0.2, 0.25) is 0 Å². The average molecular weight is 490 g/mol. The van der Waals surface area contributed by atoms with E-state index in [4.69, 9.17) is 4.98 Å². The van der Waals surface area contributed by atoms with E-state index in [0.29, 0.717) is 33.7 Å². The van der Waals surface area contributed by atoms with Crippen molar-refractivity contribution in [2.75, 3.05) is 0 Å². The number of rotatable bonds is 4. The summed E-state index contributed by atoms with van der Waals surface area (Å²) in [5.41, 5.74) is 2.86. The highest BCUT2D eigenvalue weighted by molar-refractivity contribution is 5.93. The molecule has 0 aliphatic carbocycles. The van der Waals surface area contributed by atoms with Crippen molar-refractivity contribution in [3.05, 3.63) is 112 Å². The summed E-state index contributed by atoms with van der Waals surface area (Å²) in [6.07, 6.45) is 6.47. The number of fused-ring (bicyclic) bond motifs is 1. The van der Waals surface area contributed by atoms with Crippen LogP contribution in [0.2, 0.25) is 0 Å². The van der Waals surface area contributed by atoms with Crippen molar-refractivity contribution in [1.82, 2.24) is 34.6 Å². The Kier molecular flexibility index (Phi) is 6.31. The molecule has 0 aliphatic heterocycles. The fourth-order valence-corrected chi connectivity index (χ4v) is 4.05. The molecular weight excluding hydrogens is 466 g/mol. The van der Waals surface area contributed by atoms with Gasteiger partial charge in [-0.1, -0.05) is 36.1 Å². The lowest BCUT2D eigenvalue weighted by Gasteiger charge is -2.20. The number of hydrogen-bond donors (Lipinski definition) is 1. The molecule has 0 spiro atoms. The summed E-state index contributed by atoms with van der Waals surface area (Å²) in [4.78, 5) is 40.1. The van der Waals surface area contributed by atoms with Crippen molar-refractivity contribution >= 4 is 16.8 Å². The summed E-state index contributed by atoms with van der Waals surface area (Å²) in [6, 6.07) is 14.0. The van der Waals surface area contributed by atoms with E-state index in [2.05, 4.69) is 32.2 Å². The van der Waals surface area contributed by atoms with E-state index < -0.39 is 11.9 Å². The van der Waals surface area contributed by atoms with Crippen molar-refractivity contribution in [3.8, 4) is 17.5 Å². The van der Waals surface area contributed by atoms with E-state index in [9.17, 15) is 9.59 Å². The van der Waals surface area contributed by atoms with E-state index in [1.54, 1.807) is 43.1 Å². The summed E-state index contributed by atoms with van der Waals surface area (Å²) >= 11 is 0. The lowest BCUT2D eigenvalue weighted by atomic mass is 10.1. The number of amides is 1. The van der Waals surface area contributed by atoms with Crippen LogP contribution in [-0.4, -0.2) is 35.2 Å². The quantitative estimate of drug-likeness (QED) is 0.389. The van der Waals surface area contributed by atoms with Gasteiger partial charge in [-0.2, -0.15) is 5.10 Å². The molecular formula is C28H23N7O2. The normalized spacial score (nSPS) is 11.5. The van der Waals surface area contributed by atoms with Crippen LogP contribution in [0.1, 0.15) is 46.1 Å². The van der Waals surface area contributed by atoms with Gasteiger partial charge < -0.3 is 5.32 Å². The van der Waals surface area contributed by atoms with Crippen LogP contribution < -0.4 is 10.9 Å². The van der Waals surface area contributed by atoms with Gasteiger partial charge in [0.1, 0.15) is 11.5 Å². The van der Waals surface area contributed by atoms with Crippen molar-refractivity contribution in [3.63, 3.8) is 0 Å². The molecule has 0 fully saturated rings. The number of hydrogen-bond acceptors (Lipinski definition) is 6. The minimum Gasteiger partial charge on any atom is -0.341 e. The standard InChI is InChI=1S/C28H23N7O2/c1-18-25(30-15-14-29-18)27(36)32-19(2)26-33-23-11-7-8-21(13-12-20-16-31-34(3)17-20)24(23)28(37)35(26)22-9-5-4-6-10-22/h4-11,14-17,19H,1-3H3,(H,32,36)/t19-/m0/s1. The molecule has 5 aromatic rings. The second kappa shape index (κ2) is 9.87. The van der Waals surface area contributed by atoms with Gasteiger partial charge in [-0.25, -0.2) is 9.97 Å². The van der Waals surface area contributed by atoms with Crippen molar-refractivity contribution in [2.24, 2.45) is 7.05 Å². The molecule has 0 unspecified atom stereocenters. The molecule has 0 saturated heterocycles. The largest absolute Gasteiger partial charge is 0.341 e. The Balaban J connectivity index is 1.65. The topological polar surface area (TPSA) is 108 Å². The molecule has 9 nitrogen and oxygen atoms in total. The molecule has 0 aliphatic rings. The predicted octanol–water partition coefficient (Wildman–Crippen LogP) is 3.11. The van der Waals surface area contributed by atoms with Gasteiger partial charge in [0, 0.05) is 31.2 Å². The van der Waals surface area contributed by atoms with E-state index in [1.807, 2.05) is 43.4 Å². The molecule has 0 saturated carbocycles. The minimum absolute atomic E-state index is 0.219. The van der Waals surface area contributed by atoms with Crippen LogP contribution in [0, 0.1) is 18.8 Å². The molecule has 1 atom stereocenters. The van der Waals surface area contributed by atoms with Crippen LogP contribution in [0.15, 0.2) is 78.1 Å². The van der Waals surface area contributed by atoms with Gasteiger partial charge in [0.15, 0.2) is 0 Å². The molecule has 1 N–H and O–H groups in total. The highest BCUT2D eigenvalue weighted by atomic mass is 16.2. The Morgan fingerprint density at radius 1 is 1.03 bits per heavy atom. The first-order valence-corrected chi connectivity index (χ1v) is 11.6. The Morgan fingerprint density at radius 3 is 2.54 bits per heavy atom. The molecule has 9 heteroatoms. The highest BCUT2D eigenvalue weighted by Crippen LogP contribution is 2.20. The SMILES string of the molecule is Cc1nccnc1C(=O)N[C@@H](C)c1nc2cccc(C#Cc3cnn(C)c3)c2c(=O)n1-c1ccccc1. The molecule has 0 radical (unpaired) electrons. The third kappa shape index (κ3) is 4.73. The monoisotopic (exact) mass is 489 g/mol. The summed E-state index contributed by atoms with van der Waals surface area (Å²) < 4.78 is 3.19. The number of aromatic nitrogens is 6. The summed E-state index contributed by atoms with van der Waals surface area (Å²) in [5, 5.41) is 7.45. The summed E-state index contributed by atoms with van der Waals surface area (Å²) in [7, 11) is 1.82. The first-order valence-electron chi connectivity index (χ1n) is 11.6. The van der Waals surface area contributed by atoms with Crippen molar-refractivity contribution < 1.29 is 4.79 Å². The fourth-order valence-electron chi connectivity index (χ4n) is 4.05. The van der Waals surface area contributed by atoms with E-state index in [-0.39, 0.29) is 11.3 Å². The second-order valence-electron chi connectivity index (χ2n) is 8.48. The lowest BCUT2D eigenvalue weighted by molar-refractivity contribution is 0.0931. The minimum atomic E-state index is -0.614. The lowest BCUT2D eigenvalue weighted by Crippen LogP contribution is -2.34. The van der Waals surface area contributed by atoms with Crippen LogP contribution >= 0.6 is 0 Å². The number of aryl methyl sites for hydroxylation is 2. The third-order valence-electron chi connectivity index (χ3n) is 5.82. The Bertz CT molecular complexity index is 1740.